The third kappa shape index (κ3) is 4.30. The molecule has 4 nitrogen and oxygen atoms in total. The fraction of sp³-hybridized carbons (Fsp3) is 0.421. The second-order valence-corrected chi connectivity index (χ2v) is 5.97. The zero-order valence-corrected chi connectivity index (χ0v) is 14.0. The minimum absolute atomic E-state index is 0.152. The Hall–Kier alpha value is -1.91. The average molecular weight is 314 g/mol. The van der Waals surface area contributed by atoms with Crippen molar-refractivity contribution in [2.45, 2.75) is 44.9 Å². The molecule has 1 amide bonds. The summed E-state index contributed by atoms with van der Waals surface area (Å²) in [5, 5.41) is 18.4. The summed E-state index contributed by atoms with van der Waals surface area (Å²) in [6.07, 6.45) is 0.633. The number of aliphatic hydroxyl groups is 1. The Labute approximate surface area is 137 Å². The average Bonchev–Trinajstić information content (AvgIpc) is 2.58. The molecule has 0 spiro atoms. The molecule has 23 heavy (non-hydrogen) atoms. The van der Waals surface area contributed by atoms with Gasteiger partial charge in [-0.05, 0) is 42.8 Å². The fourth-order valence-electron chi connectivity index (χ4n) is 2.81. The van der Waals surface area contributed by atoms with E-state index < -0.39 is 6.10 Å². The molecule has 0 saturated carbocycles. The standard InChI is InChI=1S/C19H26N2O2/c1-4-7-17(20-3)18(22)19(23)21-13(2)15-11-10-14-8-5-6-9-16(14)12-15/h5-6,8-13,17-18,20,22H,4,7H2,1-3H3,(H,21,23). The Morgan fingerprint density at radius 2 is 1.87 bits per heavy atom. The van der Waals surface area contributed by atoms with Gasteiger partial charge in [0.2, 0.25) is 0 Å². The van der Waals surface area contributed by atoms with Crippen LogP contribution in [0.15, 0.2) is 42.5 Å². The third-order valence-electron chi connectivity index (χ3n) is 4.25. The van der Waals surface area contributed by atoms with Crippen LogP contribution in [0.25, 0.3) is 10.8 Å². The van der Waals surface area contributed by atoms with Crippen molar-refractivity contribution < 1.29 is 9.90 Å². The molecule has 2 aromatic carbocycles. The predicted molar refractivity (Wildman–Crippen MR) is 94.3 cm³/mol. The maximum atomic E-state index is 12.3. The fourth-order valence-corrected chi connectivity index (χ4v) is 2.81. The number of rotatable bonds is 7. The minimum Gasteiger partial charge on any atom is -0.382 e. The number of hydrogen-bond donors (Lipinski definition) is 3. The molecule has 124 valence electrons. The quantitative estimate of drug-likeness (QED) is 0.736. The van der Waals surface area contributed by atoms with E-state index in [2.05, 4.69) is 34.9 Å². The molecule has 4 heteroatoms. The Kier molecular flexibility index (Phi) is 6.13. The molecule has 0 aromatic heterocycles. The smallest absolute Gasteiger partial charge is 0.250 e. The molecule has 2 aromatic rings. The number of nitrogens with one attached hydrogen (secondary N) is 2. The molecule has 0 bridgehead atoms. The van der Waals surface area contributed by atoms with E-state index >= 15 is 0 Å². The second-order valence-electron chi connectivity index (χ2n) is 5.97. The van der Waals surface area contributed by atoms with Gasteiger partial charge in [-0.3, -0.25) is 4.79 Å². The Balaban J connectivity index is 2.07. The summed E-state index contributed by atoms with van der Waals surface area (Å²) in [6.45, 7) is 3.97. The summed E-state index contributed by atoms with van der Waals surface area (Å²) in [5.74, 6) is -0.335. The van der Waals surface area contributed by atoms with Crippen LogP contribution >= 0.6 is 0 Å². The van der Waals surface area contributed by atoms with Crippen LogP contribution < -0.4 is 10.6 Å². The molecule has 3 atom stereocenters. The lowest BCUT2D eigenvalue weighted by Gasteiger charge is -2.23. The zero-order valence-electron chi connectivity index (χ0n) is 14.0. The third-order valence-corrected chi connectivity index (χ3v) is 4.25. The maximum Gasteiger partial charge on any atom is 0.250 e. The van der Waals surface area contributed by atoms with Crippen molar-refractivity contribution in [1.82, 2.24) is 10.6 Å². The minimum atomic E-state index is -1.04. The largest absolute Gasteiger partial charge is 0.382 e. The predicted octanol–water partition coefficient (Wildman–Crippen LogP) is 2.77. The van der Waals surface area contributed by atoms with Gasteiger partial charge in [-0.15, -0.1) is 0 Å². The lowest BCUT2D eigenvalue weighted by atomic mass is 10.0. The molecule has 0 aliphatic carbocycles. The van der Waals surface area contributed by atoms with E-state index in [-0.39, 0.29) is 18.0 Å². The highest BCUT2D eigenvalue weighted by atomic mass is 16.3. The summed E-state index contributed by atoms with van der Waals surface area (Å²) in [5.41, 5.74) is 1.03. The van der Waals surface area contributed by atoms with Crippen LogP contribution in [0, 0.1) is 0 Å². The van der Waals surface area contributed by atoms with Crippen molar-refractivity contribution in [3.05, 3.63) is 48.0 Å². The van der Waals surface area contributed by atoms with Crippen molar-refractivity contribution in [2.75, 3.05) is 7.05 Å². The number of likely N-dealkylation sites (N-methyl/N-ethyl adjacent to an activating group) is 1. The van der Waals surface area contributed by atoms with Gasteiger partial charge in [0, 0.05) is 6.04 Å². The molecular weight excluding hydrogens is 288 g/mol. The number of aliphatic hydroxyl groups excluding tert-OH is 1. The highest BCUT2D eigenvalue weighted by Gasteiger charge is 2.25. The van der Waals surface area contributed by atoms with Crippen molar-refractivity contribution >= 4 is 16.7 Å². The summed E-state index contributed by atoms with van der Waals surface area (Å²) in [7, 11) is 1.77. The first kappa shape index (κ1) is 17.4. The van der Waals surface area contributed by atoms with Gasteiger partial charge in [0.25, 0.3) is 5.91 Å². The molecule has 3 unspecified atom stereocenters. The lowest BCUT2D eigenvalue weighted by molar-refractivity contribution is -0.131. The van der Waals surface area contributed by atoms with E-state index in [1.165, 1.54) is 5.39 Å². The van der Waals surface area contributed by atoms with Gasteiger partial charge >= 0.3 is 0 Å². The van der Waals surface area contributed by atoms with E-state index in [9.17, 15) is 9.90 Å². The van der Waals surface area contributed by atoms with Crippen LogP contribution in [0.5, 0.6) is 0 Å². The first-order valence-electron chi connectivity index (χ1n) is 8.21. The van der Waals surface area contributed by atoms with Gasteiger partial charge in [-0.25, -0.2) is 0 Å². The van der Waals surface area contributed by atoms with Gasteiger partial charge in [-0.1, -0.05) is 49.7 Å². The van der Waals surface area contributed by atoms with Crippen molar-refractivity contribution in [3.8, 4) is 0 Å². The van der Waals surface area contributed by atoms with Gasteiger partial charge in [-0.2, -0.15) is 0 Å². The SMILES string of the molecule is CCCC(NC)C(O)C(=O)NC(C)c1ccc2ccccc2c1. The maximum absolute atomic E-state index is 12.3. The van der Waals surface area contributed by atoms with Crippen LogP contribution in [0.2, 0.25) is 0 Å². The monoisotopic (exact) mass is 314 g/mol. The molecule has 0 fully saturated rings. The Morgan fingerprint density at radius 3 is 2.52 bits per heavy atom. The summed E-state index contributed by atoms with van der Waals surface area (Å²) in [4.78, 5) is 12.3. The number of fused-ring (bicyclic) bond motifs is 1. The van der Waals surface area contributed by atoms with Gasteiger partial charge in [0.15, 0.2) is 0 Å². The van der Waals surface area contributed by atoms with E-state index in [4.69, 9.17) is 0 Å². The van der Waals surface area contributed by atoms with Crippen LogP contribution in [-0.2, 0) is 4.79 Å². The van der Waals surface area contributed by atoms with E-state index in [0.717, 1.165) is 23.8 Å². The van der Waals surface area contributed by atoms with Crippen molar-refractivity contribution in [1.29, 1.82) is 0 Å². The Bertz CT molecular complexity index is 657. The van der Waals surface area contributed by atoms with Gasteiger partial charge in [0.1, 0.15) is 6.10 Å². The first-order valence-corrected chi connectivity index (χ1v) is 8.21. The number of hydrogen-bond acceptors (Lipinski definition) is 3. The molecule has 0 heterocycles. The van der Waals surface area contributed by atoms with Crippen LogP contribution in [0.3, 0.4) is 0 Å². The molecule has 3 N–H and O–H groups in total. The van der Waals surface area contributed by atoms with Crippen LogP contribution in [0.1, 0.15) is 38.3 Å². The normalized spacial score (nSPS) is 15.1. The second kappa shape index (κ2) is 8.09. The molecule has 0 radical (unpaired) electrons. The number of carbonyl (C=O) groups is 1. The number of benzene rings is 2. The molecular formula is C19H26N2O2. The zero-order chi connectivity index (χ0) is 16.8. The van der Waals surface area contributed by atoms with E-state index in [0.29, 0.717) is 0 Å². The summed E-state index contributed by atoms with van der Waals surface area (Å²) >= 11 is 0. The van der Waals surface area contributed by atoms with E-state index in [1.54, 1.807) is 7.05 Å². The van der Waals surface area contributed by atoms with Crippen LogP contribution in [0.4, 0.5) is 0 Å². The van der Waals surface area contributed by atoms with Gasteiger partial charge < -0.3 is 15.7 Å². The number of amides is 1. The first-order chi connectivity index (χ1) is 11.1. The Morgan fingerprint density at radius 1 is 1.17 bits per heavy atom. The summed E-state index contributed by atoms with van der Waals surface area (Å²) < 4.78 is 0. The topological polar surface area (TPSA) is 61.4 Å². The molecule has 0 aliphatic heterocycles. The number of carbonyl (C=O) groups excluding carboxylic acids is 1. The molecule has 0 aliphatic rings. The van der Waals surface area contributed by atoms with Gasteiger partial charge in [0.05, 0.1) is 6.04 Å². The highest BCUT2D eigenvalue weighted by Crippen LogP contribution is 2.20. The van der Waals surface area contributed by atoms with E-state index in [1.807, 2.05) is 32.0 Å². The molecule has 2 rings (SSSR count). The van der Waals surface area contributed by atoms with Crippen LogP contribution in [-0.4, -0.2) is 30.2 Å². The molecule has 0 saturated heterocycles. The summed E-state index contributed by atoms with van der Waals surface area (Å²) in [6, 6.07) is 13.9. The van der Waals surface area contributed by atoms with Crippen molar-refractivity contribution in [3.63, 3.8) is 0 Å². The lowest BCUT2D eigenvalue weighted by Crippen LogP contribution is -2.48. The van der Waals surface area contributed by atoms with Crippen molar-refractivity contribution in [2.24, 2.45) is 0 Å². The highest BCUT2D eigenvalue weighted by molar-refractivity contribution is 5.84.